The standard InChI is InChI=1S/C33H34FN5O3/c1-3-8-23(9-4-2)37-33(41)25-19-39-27-16-21-10-5-6-11-22(21)17-28(27)42-32-29(26(34)18-24(30(32)39)31(25)40)36-12-7-14-38-15-13-35-20-38/h5-6,10-11,13,15-20,23,36H,3-4,7-9,12,14H2,1-2H3,(H,37,41). The molecule has 2 aromatic heterocycles. The van der Waals surface area contributed by atoms with Crippen molar-refractivity contribution in [1.29, 1.82) is 0 Å². The molecular formula is C33H34FN5O3. The van der Waals surface area contributed by atoms with Gasteiger partial charge in [0.25, 0.3) is 5.91 Å². The van der Waals surface area contributed by atoms with Gasteiger partial charge in [-0.25, -0.2) is 9.37 Å². The number of ether oxygens (including phenoxy) is 1. The Morgan fingerprint density at radius 1 is 1.10 bits per heavy atom. The maximum atomic E-state index is 15.8. The van der Waals surface area contributed by atoms with E-state index in [0.717, 1.165) is 42.9 Å². The summed E-state index contributed by atoms with van der Waals surface area (Å²) in [4.78, 5) is 31.3. The molecule has 1 aliphatic rings. The number of pyridine rings is 1. The summed E-state index contributed by atoms with van der Waals surface area (Å²) < 4.78 is 25.9. The third-order valence-electron chi connectivity index (χ3n) is 7.80. The molecule has 0 spiro atoms. The molecule has 1 amide bonds. The van der Waals surface area contributed by atoms with E-state index < -0.39 is 17.2 Å². The average Bonchev–Trinajstić information content (AvgIpc) is 3.50. The van der Waals surface area contributed by atoms with Crippen molar-refractivity contribution in [2.75, 3.05) is 11.9 Å². The maximum Gasteiger partial charge on any atom is 0.257 e. The second kappa shape index (κ2) is 11.7. The molecule has 9 heteroatoms. The molecule has 8 nitrogen and oxygen atoms in total. The van der Waals surface area contributed by atoms with E-state index in [0.29, 0.717) is 30.0 Å². The summed E-state index contributed by atoms with van der Waals surface area (Å²) in [5, 5.41) is 8.29. The molecule has 216 valence electrons. The van der Waals surface area contributed by atoms with Crippen molar-refractivity contribution in [1.82, 2.24) is 19.4 Å². The lowest BCUT2D eigenvalue weighted by Crippen LogP contribution is -2.37. The van der Waals surface area contributed by atoms with Crippen molar-refractivity contribution in [3.63, 3.8) is 0 Å². The molecule has 0 saturated heterocycles. The van der Waals surface area contributed by atoms with Crippen molar-refractivity contribution in [3.05, 3.63) is 89.0 Å². The topological polar surface area (TPSA) is 90.2 Å². The molecule has 5 aromatic rings. The van der Waals surface area contributed by atoms with Gasteiger partial charge in [0.15, 0.2) is 17.3 Å². The highest BCUT2D eigenvalue weighted by atomic mass is 19.1. The summed E-state index contributed by atoms with van der Waals surface area (Å²) in [6.45, 7) is 5.33. The molecule has 0 atom stereocenters. The largest absolute Gasteiger partial charge is 0.451 e. The number of benzene rings is 3. The first-order chi connectivity index (χ1) is 20.5. The van der Waals surface area contributed by atoms with Crippen LogP contribution in [0.15, 0.2) is 72.2 Å². The number of aryl methyl sites for hydroxylation is 1. The molecule has 0 fully saturated rings. The Morgan fingerprint density at radius 3 is 2.57 bits per heavy atom. The second-order valence-electron chi connectivity index (χ2n) is 10.8. The van der Waals surface area contributed by atoms with Crippen LogP contribution in [-0.2, 0) is 6.54 Å². The Labute approximate surface area is 243 Å². The van der Waals surface area contributed by atoms with E-state index in [9.17, 15) is 9.59 Å². The van der Waals surface area contributed by atoms with Gasteiger partial charge in [0.1, 0.15) is 16.8 Å². The normalized spacial score (nSPS) is 12.0. The zero-order valence-electron chi connectivity index (χ0n) is 23.8. The fourth-order valence-corrected chi connectivity index (χ4v) is 5.77. The van der Waals surface area contributed by atoms with Gasteiger partial charge in [-0.2, -0.15) is 0 Å². The molecular weight excluding hydrogens is 533 g/mol. The minimum Gasteiger partial charge on any atom is -0.451 e. The van der Waals surface area contributed by atoms with Crippen molar-refractivity contribution >= 4 is 33.3 Å². The lowest BCUT2D eigenvalue weighted by atomic mass is 10.0. The Balaban J connectivity index is 1.47. The van der Waals surface area contributed by atoms with Crippen LogP contribution in [0, 0.1) is 5.82 Å². The first-order valence-electron chi connectivity index (χ1n) is 14.6. The molecule has 3 heterocycles. The van der Waals surface area contributed by atoms with E-state index in [2.05, 4.69) is 29.5 Å². The molecule has 0 radical (unpaired) electrons. The third-order valence-corrected chi connectivity index (χ3v) is 7.80. The molecule has 0 saturated carbocycles. The number of carbonyl (C=O) groups is 1. The van der Waals surface area contributed by atoms with E-state index in [1.54, 1.807) is 23.3 Å². The van der Waals surface area contributed by atoms with E-state index in [1.165, 1.54) is 6.07 Å². The monoisotopic (exact) mass is 567 g/mol. The Bertz CT molecular complexity index is 1820. The van der Waals surface area contributed by atoms with Crippen molar-refractivity contribution in [2.45, 2.75) is 58.5 Å². The van der Waals surface area contributed by atoms with E-state index in [4.69, 9.17) is 4.74 Å². The summed E-state index contributed by atoms with van der Waals surface area (Å²) in [5.41, 5.74) is 0.744. The summed E-state index contributed by atoms with van der Waals surface area (Å²) in [6, 6.07) is 12.9. The van der Waals surface area contributed by atoms with Gasteiger partial charge < -0.3 is 24.5 Å². The lowest BCUT2D eigenvalue weighted by Gasteiger charge is -2.27. The minimum atomic E-state index is -0.611. The minimum absolute atomic E-state index is 0.0212. The molecule has 42 heavy (non-hydrogen) atoms. The predicted molar refractivity (Wildman–Crippen MR) is 163 cm³/mol. The smallest absolute Gasteiger partial charge is 0.257 e. The van der Waals surface area contributed by atoms with Crippen molar-refractivity contribution in [2.24, 2.45) is 0 Å². The van der Waals surface area contributed by atoms with E-state index in [1.807, 2.05) is 47.2 Å². The van der Waals surface area contributed by atoms with Crippen molar-refractivity contribution < 1.29 is 13.9 Å². The van der Waals surface area contributed by atoms with Crippen LogP contribution < -0.4 is 20.8 Å². The fourth-order valence-electron chi connectivity index (χ4n) is 5.77. The summed E-state index contributed by atoms with van der Waals surface area (Å²) in [6.07, 6.45) is 11.1. The lowest BCUT2D eigenvalue weighted by molar-refractivity contribution is 0.0931. The number of anilines is 1. The first-order valence-corrected chi connectivity index (χ1v) is 14.6. The molecule has 3 aromatic carbocycles. The van der Waals surface area contributed by atoms with Crippen LogP contribution in [-0.4, -0.2) is 32.6 Å². The Kier molecular flexibility index (Phi) is 7.65. The fraction of sp³-hybridized carbons (Fsp3) is 0.303. The summed E-state index contributed by atoms with van der Waals surface area (Å²) >= 11 is 0. The van der Waals surface area contributed by atoms with Gasteiger partial charge in [-0.15, -0.1) is 0 Å². The van der Waals surface area contributed by atoms with E-state index >= 15 is 4.39 Å². The van der Waals surface area contributed by atoms with Gasteiger partial charge in [0.05, 0.1) is 17.4 Å². The first kappa shape index (κ1) is 27.5. The summed E-state index contributed by atoms with van der Waals surface area (Å²) in [7, 11) is 0. The Morgan fingerprint density at radius 2 is 1.86 bits per heavy atom. The number of carbonyl (C=O) groups excluding carboxylic acids is 1. The van der Waals surface area contributed by atoms with Gasteiger partial charge >= 0.3 is 0 Å². The molecule has 0 bridgehead atoms. The number of nitrogens with one attached hydrogen (secondary N) is 2. The Hall–Kier alpha value is -4.66. The highest BCUT2D eigenvalue weighted by molar-refractivity contribution is 6.02. The number of rotatable bonds is 11. The number of halogens is 1. The molecule has 2 N–H and O–H groups in total. The van der Waals surface area contributed by atoms with Gasteiger partial charge in [0, 0.05) is 37.7 Å². The van der Waals surface area contributed by atoms with Crippen molar-refractivity contribution in [3.8, 4) is 17.2 Å². The van der Waals surface area contributed by atoms with Crippen LogP contribution in [0.3, 0.4) is 0 Å². The third kappa shape index (κ3) is 5.11. The second-order valence-corrected chi connectivity index (χ2v) is 10.8. The molecule has 0 unspecified atom stereocenters. The molecule has 6 rings (SSSR count). The number of imidazole rings is 1. The number of fused-ring (bicyclic) bond motifs is 3. The van der Waals surface area contributed by atoms with Crippen LogP contribution >= 0.6 is 0 Å². The van der Waals surface area contributed by atoms with Gasteiger partial charge in [0.2, 0.25) is 5.43 Å². The zero-order chi connectivity index (χ0) is 29.2. The highest BCUT2D eigenvalue weighted by Gasteiger charge is 2.29. The SMILES string of the molecule is CCCC(CCC)NC(=O)c1cn2c3c(c(NCCCn4ccnc4)c(F)cc3c1=O)Oc1cc3ccccc3cc1-2. The molecule has 1 aliphatic heterocycles. The van der Waals surface area contributed by atoms with Crippen LogP contribution in [0.5, 0.6) is 11.5 Å². The van der Waals surface area contributed by atoms with Crippen LogP contribution in [0.25, 0.3) is 27.4 Å². The van der Waals surface area contributed by atoms with Crippen LogP contribution in [0.4, 0.5) is 10.1 Å². The molecule has 0 aliphatic carbocycles. The predicted octanol–water partition coefficient (Wildman–Crippen LogP) is 6.79. The summed E-state index contributed by atoms with van der Waals surface area (Å²) in [5.74, 6) is -0.316. The van der Waals surface area contributed by atoms with Gasteiger partial charge in [-0.1, -0.05) is 51.0 Å². The average molecular weight is 568 g/mol. The number of hydrogen-bond acceptors (Lipinski definition) is 5. The van der Waals surface area contributed by atoms with Crippen LogP contribution in [0.2, 0.25) is 0 Å². The van der Waals surface area contributed by atoms with Crippen LogP contribution in [0.1, 0.15) is 56.3 Å². The number of nitrogens with zero attached hydrogens (tertiary/aromatic N) is 3. The zero-order valence-corrected chi connectivity index (χ0v) is 23.8. The number of aromatic nitrogens is 3. The highest BCUT2D eigenvalue weighted by Crippen LogP contribution is 2.46. The number of hydrogen-bond donors (Lipinski definition) is 2. The maximum absolute atomic E-state index is 15.8. The van der Waals surface area contributed by atoms with Gasteiger partial charge in [-0.05, 0) is 48.2 Å². The number of amides is 1. The quantitative estimate of drug-likeness (QED) is 0.168. The van der Waals surface area contributed by atoms with E-state index in [-0.39, 0.29) is 28.4 Å². The van der Waals surface area contributed by atoms with Gasteiger partial charge in [-0.3, -0.25) is 9.59 Å².